The number of nitrogens with one attached hydrogen (secondary N) is 2. The van der Waals surface area contributed by atoms with Crippen molar-refractivity contribution in [3.63, 3.8) is 0 Å². The molecule has 1 amide bonds. The Balaban J connectivity index is 1.85. The standard InChI is InChI=1S/C20H24N2O3S/c1-14(2)26(24,25)22-18-12-13-19(23)21-20(18)17-10-8-16(9-11-17)15-6-4-3-5-7-15/h3-11,14,18,20,22H,12-13H2,1-2H3,(H,21,23)/t18-,20-/m1/s1. The highest BCUT2D eigenvalue weighted by Crippen LogP contribution is 2.27. The molecule has 0 aliphatic carbocycles. The first kappa shape index (κ1) is 18.6. The fourth-order valence-corrected chi connectivity index (χ4v) is 4.05. The molecule has 138 valence electrons. The van der Waals surface area contributed by atoms with Crippen LogP contribution in [0.5, 0.6) is 0 Å². The van der Waals surface area contributed by atoms with Crippen molar-refractivity contribution in [2.45, 2.75) is 44.0 Å². The lowest BCUT2D eigenvalue weighted by Gasteiger charge is -2.33. The van der Waals surface area contributed by atoms with Crippen LogP contribution in [0.25, 0.3) is 11.1 Å². The van der Waals surface area contributed by atoms with Crippen LogP contribution in [0, 0.1) is 0 Å². The average Bonchev–Trinajstić information content (AvgIpc) is 2.64. The predicted octanol–water partition coefficient (Wildman–Crippen LogP) is 3.00. The van der Waals surface area contributed by atoms with Crippen molar-refractivity contribution in [1.82, 2.24) is 10.0 Å². The number of sulfonamides is 1. The van der Waals surface area contributed by atoms with Gasteiger partial charge in [0, 0.05) is 12.5 Å². The molecule has 0 unspecified atom stereocenters. The maximum atomic E-state index is 12.3. The maximum Gasteiger partial charge on any atom is 0.220 e. The molecule has 1 fully saturated rings. The van der Waals surface area contributed by atoms with E-state index in [9.17, 15) is 13.2 Å². The Morgan fingerprint density at radius 1 is 1.00 bits per heavy atom. The summed E-state index contributed by atoms with van der Waals surface area (Å²) in [5, 5.41) is 2.42. The first-order chi connectivity index (χ1) is 12.4. The number of hydrogen-bond donors (Lipinski definition) is 2. The number of piperidine rings is 1. The van der Waals surface area contributed by atoms with Gasteiger partial charge in [-0.1, -0.05) is 54.6 Å². The second kappa shape index (κ2) is 7.60. The van der Waals surface area contributed by atoms with Crippen LogP contribution in [-0.2, 0) is 14.8 Å². The summed E-state index contributed by atoms with van der Waals surface area (Å²) in [5.41, 5.74) is 3.09. The molecule has 6 heteroatoms. The molecule has 2 atom stereocenters. The molecule has 1 heterocycles. The van der Waals surface area contributed by atoms with Gasteiger partial charge in [0.05, 0.1) is 11.3 Å². The lowest BCUT2D eigenvalue weighted by molar-refractivity contribution is -0.123. The Hall–Kier alpha value is -2.18. The molecular formula is C20H24N2O3S. The van der Waals surface area contributed by atoms with E-state index in [1.165, 1.54) is 0 Å². The van der Waals surface area contributed by atoms with E-state index in [2.05, 4.69) is 10.0 Å². The summed E-state index contributed by atoms with van der Waals surface area (Å²) in [5.74, 6) is -0.0536. The first-order valence-electron chi connectivity index (χ1n) is 8.83. The van der Waals surface area contributed by atoms with Crippen molar-refractivity contribution in [3.8, 4) is 11.1 Å². The van der Waals surface area contributed by atoms with Gasteiger partial charge in [-0.25, -0.2) is 13.1 Å². The zero-order valence-corrected chi connectivity index (χ0v) is 15.8. The van der Waals surface area contributed by atoms with Crippen molar-refractivity contribution in [2.75, 3.05) is 0 Å². The molecule has 0 bridgehead atoms. The van der Waals surface area contributed by atoms with E-state index in [0.717, 1.165) is 16.7 Å². The van der Waals surface area contributed by atoms with Gasteiger partial charge in [0.2, 0.25) is 15.9 Å². The largest absolute Gasteiger partial charge is 0.348 e. The van der Waals surface area contributed by atoms with Crippen molar-refractivity contribution in [2.24, 2.45) is 0 Å². The Morgan fingerprint density at radius 2 is 1.62 bits per heavy atom. The number of benzene rings is 2. The number of rotatable bonds is 5. The van der Waals surface area contributed by atoms with Gasteiger partial charge in [0.25, 0.3) is 0 Å². The minimum atomic E-state index is -3.41. The molecule has 0 spiro atoms. The van der Waals surface area contributed by atoms with Crippen LogP contribution in [0.15, 0.2) is 54.6 Å². The number of hydrogen-bond acceptors (Lipinski definition) is 3. The second-order valence-electron chi connectivity index (χ2n) is 6.89. The summed E-state index contributed by atoms with van der Waals surface area (Å²) < 4.78 is 27.3. The van der Waals surface area contributed by atoms with Crippen LogP contribution in [-0.4, -0.2) is 25.6 Å². The molecule has 26 heavy (non-hydrogen) atoms. The maximum absolute atomic E-state index is 12.3. The Labute approximate surface area is 154 Å². The van der Waals surface area contributed by atoms with E-state index in [0.29, 0.717) is 12.8 Å². The molecule has 0 aromatic heterocycles. The second-order valence-corrected chi connectivity index (χ2v) is 9.16. The molecule has 2 aromatic rings. The lowest BCUT2D eigenvalue weighted by Crippen LogP contribution is -2.51. The fraction of sp³-hybridized carbons (Fsp3) is 0.350. The summed E-state index contributed by atoms with van der Waals surface area (Å²) in [6.07, 6.45) is 0.812. The zero-order chi connectivity index (χ0) is 18.7. The average molecular weight is 372 g/mol. The van der Waals surface area contributed by atoms with Gasteiger partial charge in [0.15, 0.2) is 0 Å². The van der Waals surface area contributed by atoms with Gasteiger partial charge >= 0.3 is 0 Å². The van der Waals surface area contributed by atoms with Gasteiger partial charge in [-0.2, -0.15) is 0 Å². The third-order valence-corrected chi connectivity index (χ3v) is 6.59. The van der Waals surface area contributed by atoms with Gasteiger partial charge in [-0.15, -0.1) is 0 Å². The van der Waals surface area contributed by atoms with E-state index < -0.39 is 15.3 Å². The SMILES string of the molecule is CC(C)S(=O)(=O)N[C@@H]1CCC(=O)N[C@@H]1c1ccc(-c2ccccc2)cc1. The molecule has 1 aliphatic rings. The molecule has 0 radical (unpaired) electrons. The number of amides is 1. The molecule has 1 aliphatic heterocycles. The molecule has 3 rings (SSSR count). The smallest absolute Gasteiger partial charge is 0.220 e. The topological polar surface area (TPSA) is 75.3 Å². The van der Waals surface area contributed by atoms with Crippen LogP contribution in [0.3, 0.4) is 0 Å². The fourth-order valence-electron chi connectivity index (χ4n) is 3.10. The summed E-state index contributed by atoms with van der Waals surface area (Å²) >= 11 is 0. The van der Waals surface area contributed by atoms with Crippen LogP contribution < -0.4 is 10.0 Å². The van der Waals surface area contributed by atoms with Gasteiger partial charge in [0.1, 0.15) is 0 Å². The van der Waals surface area contributed by atoms with E-state index in [-0.39, 0.29) is 18.0 Å². The Kier molecular flexibility index (Phi) is 5.44. The first-order valence-corrected chi connectivity index (χ1v) is 10.4. The highest BCUT2D eigenvalue weighted by atomic mass is 32.2. The molecular weight excluding hydrogens is 348 g/mol. The lowest BCUT2D eigenvalue weighted by atomic mass is 9.91. The van der Waals surface area contributed by atoms with Crippen LogP contribution >= 0.6 is 0 Å². The minimum absolute atomic E-state index is 0.0536. The van der Waals surface area contributed by atoms with E-state index >= 15 is 0 Å². The normalized spacial score (nSPS) is 20.8. The van der Waals surface area contributed by atoms with Crippen molar-refractivity contribution >= 4 is 15.9 Å². The molecule has 1 saturated heterocycles. The molecule has 0 saturated carbocycles. The van der Waals surface area contributed by atoms with E-state index in [4.69, 9.17) is 0 Å². The summed E-state index contributed by atoms with van der Waals surface area (Å²) in [6.45, 7) is 3.29. The highest BCUT2D eigenvalue weighted by molar-refractivity contribution is 7.90. The summed E-state index contributed by atoms with van der Waals surface area (Å²) in [4.78, 5) is 11.9. The predicted molar refractivity (Wildman–Crippen MR) is 103 cm³/mol. The van der Waals surface area contributed by atoms with Crippen molar-refractivity contribution in [1.29, 1.82) is 0 Å². The van der Waals surface area contributed by atoms with Crippen LogP contribution in [0.1, 0.15) is 38.3 Å². The minimum Gasteiger partial charge on any atom is -0.348 e. The van der Waals surface area contributed by atoms with E-state index in [1.54, 1.807) is 13.8 Å². The van der Waals surface area contributed by atoms with Gasteiger partial charge in [-0.3, -0.25) is 4.79 Å². The molecule has 2 aromatic carbocycles. The summed E-state index contributed by atoms with van der Waals surface area (Å²) in [6, 6.07) is 17.2. The molecule has 5 nitrogen and oxygen atoms in total. The Bertz CT molecular complexity index is 862. The molecule has 2 N–H and O–H groups in total. The van der Waals surface area contributed by atoms with Crippen LogP contribution in [0.4, 0.5) is 0 Å². The number of carbonyl (C=O) groups excluding carboxylic acids is 1. The quantitative estimate of drug-likeness (QED) is 0.847. The van der Waals surface area contributed by atoms with Crippen molar-refractivity contribution in [3.05, 3.63) is 60.2 Å². The third-order valence-electron chi connectivity index (χ3n) is 4.71. The van der Waals surface area contributed by atoms with Crippen molar-refractivity contribution < 1.29 is 13.2 Å². The third kappa shape index (κ3) is 4.14. The monoisotopic (exact) mass is 372 g/mol. The van der Waals surface area contributed by atoms with E-state index in [1.807, 2.05) is 54.6 Å². The summed E-state index contributed by atoms with van der Waals surface area (Å²) in [7, 11) is -3.41. The van der Waals surface area contributed by atoms with Gasteiger partial charge < -0.3 is 5.32 Å². The zero-order valence-electron chi connectivity index (χ0n) is 15.0. The Morgan fingerprint density at radius 3 is 2.23 bits per heavy atom. The van der Waals surface area contributed by atoms with Gasteiger partial charge in [-0.05, 0) is 37.0 Å². The highest BCUT2D eigenvalue weighted by Gasteiger charge is 2.33. The number of carbonyl (C=O) groups is 1. The van der Waals surface area contributed by atoms with Crippen LogP contribution in [0.2, 0.25) is 0 Å².